The van der Waals surface area contributed by atoms with E-state index in [1.165, 1.54) is 0 Å². The molecule has 9 heavy (non-hydrogen) atoms. The minimum atomic E-state index is -6.21. The number of halogens is 4. The van der Waals surface area contributed by atoms with E-state index in [4.69, 9.17) is 11.6 Å². The van der Waals surface area contributed by atoms with Gasteiger partial charge in [-0.1, -0.05) is 0 Å². The SMILES string of the molecule is CP(F)(F)(F)OCCCl. The first-order chi connectivity index (χ1) is 3.81. The Hall–Kier alpha value is 0.470. The molecule has 0 aromatic heterocycles. The van der Waals surface area contributed by atoms with Crippen LogP contribution in [0.5, 0.6) is 0 Å². The second-order valence-corrected chi connectivity index (χ2v) is 4.42. The fourth-order valence-corrected chi connectivity index (χ4v) is 0.895. The minimum absolute atomic E-state index is 0.122. The summed E-state index contributed by atoms with van der Waals surface area (Å²) in [6.45, 7) is -0.280. The van der Waals surface area contributed by atoms with Gasteiger partial charge in [-0.15, -0.1) is 0 Å². The summed E-state index contributed by atoms with van der Waals surface area (Å²) in [5, 5.41) is 0. The predicted octanol–water partition coefficient (Wildman–Crippen LogP) is 2.99. The molecule has 0 aliphatic rings. The molecule has 0 bridgehead atoms. The van der Waals surface area contributed by atoms with Gasteiger partial charge in [0, 0.05) is 0 Å². The Kier molecular flexibility index (Phi) is 2.74. The van der Waals surface area contributed by atoms with Crippen LogP contribution < -0.4 is 0 Å². The van der Waals surface area contributed by atoms with Gasteiger partial charge in [-0.25, -0.2) is 0 Å². The van der Waals surface area contributed by atoms with E-state index in [0.29, 0.717) is 0 Å². The molecule has 0 aliphatic heterocycles. The number of hydrogen-bond acceptors (Lipinski definition) is 1. The van der Waals surface area contributed by atoms with Gasteiger partial charge in [0.05, 0.1) is 0 Å². The summed E-state index contributed by atoms with van der Waals surface area (Å²) in [6.07, 6.45) is 0. The molecule has 0 atom stereocenters. The second-order valence-electron chi connectivity index (χ2n) is 1.61. The molecule has 58 valence electrons. The van der Waals surface area contributed by atoms with Crippen molar-refractivity contribution in [1.82, 2.24) is 0 Å². The molecule has 0 aromatic carbocycles. The maximum atomic E-state index is 11.8. The Morgan fingerprint density at radius 2 is 1.89 bits per heavy atom. The molecule has 0 amide bonds. The van der Waals surface area contributed by atoms with E-state index < -0.39 is 14.4 Å². The number of hydrogen-bond donors (Lipinski definition) is 0. The first-order valence-corrected chi connectivity index (χ1v) is 5.00. The van der Waals surface area contributed by atoms with Crippen molar-refractivity contribution in [3.8, 4) is 0 Å². The maximum absolute atomic E-state index is 11.8. The number of alkyl halides is 1. The molecule has 1 nitrogen and oxygen atoms in total. The zero-order valence-corrected chi connectivity index (χ0v) is 6.43. The van der Waals surface area contributed by atoms with E-state index in [-0.39, 0.29) is 12.5 Å². The van der Waals surface area contributed by atoms with Crippen LogP contribution in [0.25, 0.3) is 0 Å². The molecule has 0 saturated carbocycles. The molecule has 0 unspecified atom stereocenters. The van der Waals surface area contributed by atoms with Crippen molar-refractivity contribution >= 4 is 19.4 Å². The zero-order valence-electron chi connectivity index (χ0n) is 4.78. The average Bonchev–Trinajstić information content (AvgIpc) is 1.57. The fourth-order valence-electron chi connectivity index (χ4n) is 0.229. The Bertz CT molecular complexity index is 91.7. The van der Waals surface area contributed by atoms with Crippen LogP contribution in [-0.4, -0.2) is 19.2 Å². The summed E-state index contributed by atoms with van der Waals surface area (Å²) in [6, 6.07) is 0. The van der Waals surface area contributed by atoms with E-state index in [1.54, 1.807) is 0 Å². The quantitative estimate of drug-likeness (QED) is 0.482. The van der Waals surface area contributed by atoms with Crippen LogP contribution >= 0.6 is 19.4 Å². The Balaban J connectivity index is 3.60. The van der Waals surface area contributed by atoms with Crippen LogP contribution in [0.2, 0.25) is 0 Å². The van der Waals surface area contributed by atoms with Gasteiger partial charge < -0.3 is 0 Å². The normalized spacial score (nSPS) is 16.8. The summed E-state index contributed by atoms with van der Waals surface area (Å²) in [7, 11) is -6.21. The third-order valence-corrected chi connectivity index (χ3v) is 1.33. The Labute approximate surface area is 56.5 Å². The van der Waals surface area contributed by atoms with Gasteiger partial charge in [0.15, 0.2) is 0 Å². The van der Waals surface area contributed by atoms with Gasteiger partial charge in [-0.3, -0.25) is 0 Å². The van der Waals surface area contributed by atoms with Crippen molar-refractivity contribution in [2.45, 2.75) is 0 Å². The van der Waals surface area contributed by atoms with Crippen LogP contribution in [0.3, 0.4) is 0 Å². The van der Waals surface area contributed by atoms with Gasteiger partial charge >= 0.3 is 55.6 Å². The number of rotatable bonds is 3. The Morgan fingerprint density at radius 1 is 1.44 bits per heavy atom. The van der Waals surface area contributed by atoms with Crippen molar-refractivity contribution in [2.75, 3.05) is 19.2 Å². The van der Waals surface area contributed by atoms with E-state index in [0.717, 1.165) is 0 Å². The second kappa shape index (κ2) is 2.60. The van der Waals surface area contributed by atoms with Crippen LogP contribution in [0.15, 0.2) is 0 Å². The van der Waals surface area contributed by atoms with Crippen LogP contribution in [0.1, 0.15) is 0 Å². The summed E-state index contributed by atoms with van der Waals surface area (Å²) in [5.74, 6) is -0.122. The van der Waals surface area contributed by atoms with Gasteiger partial charge in [0.25, 0.3) is 0 Å². The molecule has 0 heterocycles. The molecule has 0 radical (unpaired) electrons. The molecular weight excluding hydrogens is 175 g/mol. The van der Waals surface area contributed by atoms with E-state index in [1.807, 2.05) is 0 Å². The van der Waals surface area contributed by atoms with Crippen LogP contribution in [-0.2, 0) is 4.52 Å². The van der Waals surface area contributed by atoms with Crippen molar-refractivity contribution in [1.29, 1.82) is 0 Å². The molecule has 6 heteroatoms. The zero-order chi connectivity index (χ0) is 7.57. The third kappa shape index (κ3) is 8.47. The summed E-state index contributed by atoms with van der Waals surface area (Å²) < 4.78 is 38.9. The van der Waals surface area contributed by atoms with Crippen molar-refractivity contribution in [3.05, 3.63) is 0 Å². The molecule has 0 N–H and O–H groups in total. The molecule has 0 fully saturated rings. The van der Waals surface area contributed by atoms with E-state index >= 15 is 0 Å². The first kappa shape index (κ1) is 9.47. The first-order valence-electron chi connectivity index (χ1n) is 2.19. The summed E-state index contributed by atoms with van der Waals surface area (Å²) in [5.41, 5.74) is 0. The molecule has 0 aromatic rings. The fraction of sp³-hybridized carbons (Fsp3) is 1.00. The standard InChI is InChI=1S/C3H7ClF3OP/c1-9(5,6,7)8-3-2-4/h2-3H2,1H3. The Morgan fingerprint density at radius 3 is 2.00 bits per heavy atom. The molecule has 0 saturated heterocycles. The monoisotopic (exact) mass is 182 g/mol. The predicted molar refractivity (Wildman–Crippen MR) is 32.8 cm³/mol. The third-order valence-electron chi connectivity index (χ3n) is 0.444. The molecule has 0 aliphatic carbocycles. The van der Waals surface area contributed by atoms with E-state index in [2.05, 4.69) is 4.52 Å². The van der Waals surface area contributed by atoms with Gasteiger partial charge in [0.1, 0.15) is 0 Å². The van der Waals surface area contributed by atoms with Gasteiger partial charge in [-0.05, 0) is 0 Å². The molecule has 0 rings (SSSR count). The summed E-state index contributed by atoms with van der Waals surface area (Å²) >= 11 is 4.97. The average molecular weight is 183 g/mol. The summed E-state index contributed by atoms with van der Waals surface area (Å²) in [4.78, 5) is 0. The van der Waals surface area contributed by atoms with Gasteiger partial charge in [0.2, 0.25) is 0 Å². The van der Waals surface area contributed by atoms with Crippen LogP contribution in [0.4, 0.5) is 12.6 Å². The molecular formula is C3H7ClF3OP. The topological polar surface area (TPSA) is 9.23 Å². The van der Waals surface area contributed by atoms with Crippen LogP contribution in [0, 0.1) is 0 Å². The van der Waals surface area contributed by atoms with Crippen molar-refractivity contribution < 1.29 is 17.1 Å². The van der Waals surface area contributed by atoms with Gasteiger partial charge in [-0.2, -0.15) is 0 Å². The van der Waals surface area contributed by atoms with E-state index in [9.17, 15) is 12.6 Å². The molecule has 0 spiro atoms. The van der Waals surface area contributed by atoms with Crippen molar-refractivity contribution in [3.63, 3.8) is 0 Å². The van der Waals surface area contributed by atoms with Crippen molar-refractivity contribution in [2.24, 2.45) is 0 Å².